The molecule has 0 saturated carbocycles. The zero-order chi connectivity index (χ0) is 15.9. The third-order valence-corrected chi connectivity index (χ3v) is 3.13. The van der Waals surface area contributed by atoms with Gasteiger partial charge in [0.25, 0.3) is 5.91 Å². The number of aromatic nitrogens is 3. The van der Waals surface area contributed by atoms with Gasteiger partial charge in [-0.3, -0.25) is 9.59 Å². The van der Waals surface area contributed by atoms with Gasteiger partial charge in [-0.2, -0.15) is 0 Å². The topological polar surface area (TPSA) is 97.1 Å². The van der Waals surface area contributed by atoms with Crippen molar-refractivity contribution >= 4 is 11.9 Å². The molecule has 0 unspecified atom stereocenters. The fourth-order valence-corrected chi connectivity index (χ4v) is 1.89. The van der Waals surface area contributed by atoms with Crippen LogP contribution in [-0.2, 0) is 4.79 Å². The molecule has 7 heteroatoms. The van der Waals surface area contributed by atoms with Gasteiger partial charge in [0.15, 0.2) is 5.69 Å². The maximum atomic E-state index is 11.9. The molecule has 1 aromatic carbocycles. The Bertz CT molecular complexity index is 649. The molecule has 0 fully saturated rings. The zero-order valence-corrected chi connectivity index (χ0v) is 12.3. The number of carboxylic acid groups (broad SMARTS) is 1. The van der Waals surface area contributed by atoms with Crippen molar-refractivity contribution in [2.45, 2.75) is 26.2 Å². The maximum absolute atomic E-state index is 11.9. The second kappa shape index (κ2) is 7.35. The van der Waals surface area contributed by atoms with Crippen molar-refractivity contribution in [2.24, 2.45) is 0 Å². The maximum Gasteiger partial charge on any atom is 0.303 e. The van der Waals surface area contributed by atoms with Crippen LogP contribution in [0.3, 0.4) is 0 Å². The summed E-state index contributed by atoms with van der Waals surface area (Å²) in [5, 5.41) is 19.0. The monoisotopic (exact) mass is 302 g/mol. The molecule has 1 aromatic heterocycles. The highest BCUT2D eigenvalue weighted by Gasteiger charge is 2.10. The van der Waals surface area contributed by atoms with Crippen LogP contribution in [0.2, 0.25) is 0 Å². The molecule has 1 amide bonds. The van der Waals surface area contributed by atoms with E-state index < -0.39 is 5.97 Å². The summed E-state index contributed by atoms with van der Waals surface area (Å²) in [6.45, 7) is 2.41. The molecule has 0 saturated heterocycles. The van der Waals surface area contributed by atoms with Crippen LogP contribution in [-0.4, -0.2) is 38.5 Å². The van der Waals surface area contributed by atoms with E-state index >= 15 is 0 Å². The van der Waals surface area contributed by atoms with Crippen molar-refractivity contribution < 1.29 is 14.7 Å². The van der Waals surface area contributed by atoms with Gasteiger partial charge in [0.1, 0.15) is 0 Å². The molecule has 2 N–H and O–H groups in total. The highest BCUT2D eigenvalue weighted by molar-refractivity contribution is 5.91. The molecule has 0 spiro atoms. The lowest BCUT2D eigenvalue weighted by molar-refractivity contribution is -0.137. The van der Waals surface area contributed by atoms with Crippen LogP contribution < -0.4 is 5.32 Å². The van der Waals surface area contributed by atoms with E-state index in [-0.39, 0.29) is 18.0 Å². The summed E-state index contributed by atoms with van der Waals surface area (Å²) in [6, 6.07) is 7.72. The summed E-state index contributed by atoms with van der Waals surface area (Å²) in [6.07, 6.45) is 2.83. The average Bonchev–Trinajstić information content (AvgIpc) is 2.97. The summed E-state index contributed by atoms with van der Waals surface area (Å²) in [7, 11) is 0. The molecule has 2 aromatic rings. The van der Waals surface area contributed by atoms with Gasteiger partial charge in [0.2, 0.25) is 0 Å². The van der Waals surface area contributed by atoms with Crippen molar-refractivity contribution in [2.75, 3.05) is 6.54 Å². The molecule has 0 atom stereocenters. The largest absolute Gasteiger partial charge is 0.481 e. The zero-order valence-electron chi connectivity index (χ0n) is 12.3. The molecule has 2 rings (SSSR count). The number of rotatable bonds is 7. The van der Waals surface area contributed by atoms with Crippen LogP contribution in [0.25, 0.3) is 5.69 Å². The number of nitrogens with one attached hydrogen (secondary N) is 1. The molecular formula is C15H18N4O3. The normalized spacial score (nSPS) is 10.4. The van der Waals surface area contributed by atoms with Gasteiger partial charge in [-0.15, -0.1) is 5.10 Å². The number of nitrogens with zero attached hydrogens (tertiary/aromatic N) is 3. The van der Waals surface area contributed by atoms with Crippen LogP contribution in [0.1, 0.15) is 35.3 Å². The van der Waals surface area contributed by atoms with E-state index in [1.54, 1.807) is 10.9 Å². The lowest BCUT2D eigenvalue weighted by atomic mass is 10.2. The van der Waals surface area contributed by atoms with E-state index in [0.717, 1.165) is 11.3 Å². The fourth-order valence-electron chi connectivity index (χ4n) is 1.89. The molecule has 0 radical (unpaired) electrons. The minimum absolute atomic E-state index is 0.111. The summed E-state index contributed by atoms with van der Waals surface area (Å²) >= 11 is 0. The Morgan fingerprint density at radius 1 is 1.23 bits per heavy atom. The van der Waals surface area contributed by atoms with Crippen molar-refractivity contribution in [3.8, 4) is 5.69 Å². The molecule has 0 aliphatic rings. The number of benzene rings is 1. The first-order valence-electron chi connectivity index (χ1n) is 7.05. The predicted octanol–water partition coefficient (Wildman–Crippen LogP) is 1.56. The van der Waals surface area contributed by atoms with E-state index in [2.05, 4.69) is 15.6 Å². The number of carbonyl (C=O) groups excluding carboxylic acids is 1. The Kier molecular flexibility index (Phi) is 5.24. The highest BCUT2D eigenvalue weighted by atomic mass is 16.4. The molecule has 1 heterocycles. The van der Waals surface area contributed by atoms with Crippen LogP contribution in [0.15, 0.2) is 30.5 Å². The molecule has 22 heavy (non-hydrogen) atoms. The first kappa shape index (κ1) is 15.7. The van der Waals surface area contributed by atoms with E-state index in [0.29, 0.717) is 19.4 Å². The highest BCUT2D eigenvalue weighted by Crippen LogP contribution is 2.08. The van der Waals surface area contributed by atoms with Gasteiger partial charge in [-0.05, 0) is 31.9 Å². The fraction of sp³-hybridized carbons (Fsp3) is 0.333. The molecule has 0 aliphatic heterocycles. The Balaban J connectivity index is 1.86. The minimum atomic E-state index is -0.827. The Hall–Kier alpha value is -2.70. The van der Waals surface area contributed by atoms with Gasteiger partial charge in [0, 0.05) is 13.0 Å². The Labute approximate surface area is 128 Å². The molecule has 0 aliphatic carbocycles. The van der Waals surface area contributed by atoms with Gasteiger partial charge >= 0.3 is 5.97 Å². The molecular weight excluding hydrogens is 284 g/mol. The predicted molar refractivity (Wildman–Crippen MR) is 79.9 cm³/mol. The lowest BCUT2D eigenvalue weighted by Crippen LogP contribution is -2.24. The Morgan fingerprint density at radius 2 is 1.95 bits per heavy atom. The standard InChI is InChI=1S/C15H18N4O3/c1-11-5-7-12(8-6-11)19-10-13(17-18-19)15(22)16-9-3-2-4-14(20)21/h5-8,10H,2-4,9H2,1H3,(H,16,22)(H,20,21). The second-order valence-corrected chi connectivity index (χ2v) is 4.99. The summed E-state index contributed by atoms with van der Waals surface area (Å²) in [5.74, 6) is -1.14. The van der Waals surface area contributed by atoms with Gasteiger partial charge in [0.05, 0.1) is 11.9 Å². The third kappa shape index (κ3) is 4.41. The first-order chi connectivity index (χ1) is 10.6. The summed E-state index contributed by atoms with van der Waals surface area (Å²) < 4.78 is 1.54. The van der Waals surface area contributed by atoms with Crippen molar-refractivity contribution in [3.63, 3.8) is 0 Å². The quantitative estimate of drug-likeness (QED) is 0.756. The number of hydrogen-bond acceptors (Lipinski definition) is 4. The molecule has 0 bridgehead atoms. The number of carbonyl (C=O) groups is 2. The van der Waals surface area contributed by atoms with Gasteiger partial charge in [-0.25, -0.2) is 4.68 Å². The van der Waals surface area contributed by atoms with Crippen LogP contribution >= 0.6 is 0 Å². The summed E-state index contributed by atoms with van der Waals surface area (Å²) in [4.78, 5) is 22.3. The van der Waals surface area contributed by atoms with Crippen molar-refractivity contribution in [3.05, 3.63) is 41.7 Å². The number of hydrogen-bond donors (Lipinski definition) is 2. The lowest BCUT2D eigenvalue weighted by Gasteiger charge is -2.01. The molecule has 7 nitrogen and oxygen atoms in total. The van der Waals surface area contributed by atoms with Crippen molar-refractivity contribution in [1.29, 1.82) is 0 Å². The third-order valence-electron chi connectivity index (χ3n) is 3.13. The van der Waals surface area contributed by atoms with E-state index in [4.69, 9.17) is 5.11 Å². The smallest absolute Gasteiger partial charge is 0.303 e. The SMILES string of the molecule is Cc1ccc(-n2cc(C(=O)NCCCCC(=O)O)nn2)cc1. The van der Waals surface area contributed by atoms with Crippen LogP contribution in [0, 0.1) is 6.92 Å². The van der Waals surface area contributed by atoms with Crippen LogP contribution in [0.5, 0.6) is 0 Å². The minimum Gasteiger partial charge on any atom is -0.481 e. The number of carboxylic acids is 1. The number of aryl methyl sites for hydroxylation is 1. The van der Waals surface area contributed by atoms with Crippen molar-refractivity contribution in [1.82, 2.24) is 20.3 Å². The average molecular weight is 302 g/mol. The number of aliphatic carboxylic acids is 1. The van der Waals surface area contributed by atoms with Gasteiger partial charge < -0.3 is 10.4 Å². The van der Waals surface area contributed by atoms with E-state index in [1.807, 2.05) is 31.2 Å². The number of unbranched alkanes of at least 4 members (excludes halogenated alkanes) is 1. The first-order valence-corrected chi connectivity index (χ1v) is 7.05. The second-order valence-electron chi connectivity index (χ2n) is 4.99. The summed E-state index contributed by atoms with van der Waals surface area (Å²) in [5.41, 5.74) is 2.21. The Morgan fingerprint density at radius 3 is 2.64 bits per heavy atom. The van der Waals surface area contributed by atoms with E-state index in [9.17, 15) is 9.59 Å². The van der Waals surface area contributed by atoms with E-state index in [1.165, 1.54) is 0 Å². The molecule has 116 valence electrons. The van der Waals surface area contributed by atoms with Crippen LogP contribution in [0.4, 0.5) is 0 Å². The number of amides is 1. The van der Waals surface area contributed by atoms with Gasteiger partial charge in [-0.1, -0.05) is 22.9 Å².